The molecule has 0 saturated carbocycles. The fraction of sp³-hybridized carbons (Fsp3) is 0.308. The highest BCUT2D eigenvalue weighted by molar-refractivity contribution is 9.10. The Bertz CT molecular complexity index is 545. The predicted octanol–water partition coefficient (Wildman–Crippen LogP) is 0.535. The van der Waals surface area contributed by atoms with Crippen molar-refractivity contribution in [2.75, 3.05) is 19.7 Å². The molecule has 0 saturated heterocycles. The zero-order valence-corrected chi connectivity index (χ0v) is 12.9. The summed E-state index contributed by atoms with van der Waals surface area (Å²) in [5, 5.41) is 8.71. The van der Waals surface area contributed by atoms with Crippen LogP contribution in [0.5, 0.6) is 5.75 Å². The SMILES string of the molecule is Cc1ccc(OCC(=O)N(CC(N)=O)CC(=O)O)c(Br)c1. The molecule has 7 nitrogen and oxygen atoms in total. The fourth-order valence-corrected chi connectivity index (χ4v) is 2.15. The van der Waals surface area contributed by atoms with E-state index in [4.69, 9.17) is 15.6 Å². The van der Waals surface area contributed by atoms with Gasteiger partial charge in [0, 0.05) is 0 Å². The number of aryl methyl sites for hydroxylation is 1. The third-order valence-electron chi connectivity index (χ3n) is 2.46. The molecule has 0 fully saturated rings. The van der Waals surface area contributed by atoms with Crippen molar-refractivity contribution in [1.82, 2.24) is 4.90 Å². The molecule has 114 valence electrons. The van der Waals surface area contributed by atoms with E-state index in [1.54, 1.807) is 6.07 Å². The van der Waals surface area contributed by atoms with E-state index in [0.717, 1.165) is 10.5 Å². The molecule has 0 aliphatic carbocycles. The van der Waals surface area contributed by atoms with Gasteiger partial charge in [0.15, 0.2) is 6.61 Å². The van der Waals surface area contributed by atoms with Crippen LogP contribution < -0.4 is 10.5 Å². The van der Waals surface area contributed by atoms with Gasteiger partial charge in [0.2, 0.25) is 5.91 Å². The standard InChI is InChI=1S/C13H15BrN2O5/c1-8-2-3-10(9(14)4-8)21-7-12(18)16(5-11(15)17)6-13(19)20/h2-4H,5-7H2,1H3,(H2,15,17)(H,19,20). The minimum Gasteiger partial charge on any atom is -0.483 e. The first-order valence-corrected chi connectivity index (χ1v) is 6.75. The van der Waals surface area contributed by atoms with Crippen LogP contribution in [-0.2, 0) is 14.4 Å². The maximum Gasteiger partial charge on any atom is 0.323 e. The quantitative estimate of drug-likeness (QED) is 0.738. The van der Waals surface area contributed by atoms with Crippen molar-refractivity contribution in [1.29, 1.82) is 0 Å². The van der Waals surface area contributed by atoms with E-state index in [2.05, 4.69) is 15.9 Å². The number of carbonyl (C=O) groups is 3. The fourth-order valence-electron chi connectivity index (χ4n) is 1.54. The summed E-state index contributed by atoms with van der Waals surface area (Å²) >= 11 is 3.30. The van der Waals surface area contributed by atoms with Crippen LogP contribution in [0.4, 0.5) is 0 Å². The van der Waals surface area contributed by atoms with Crippen molar-refractivity contribution in [3.05, 3.63) is 28.2 Å². The monoisotopic (exact) mass is 358 g/mol. The minimum atomic E-state index is -1.24. The second-order valence-electron chi connectivity index (χ2n) is 4.33. The number of carbonyl (C=O) groups excluding carboxylic acids is 2. The smallest absolute Gasteiger partial charge is 0.323 e. The number of rotatable bonds is 7. The van der Waals surface area contributed by atoms with Crippen molar-refractivity contribution in [2.45, 2.75) is 6.92 Å². The summed E-state index contributed by atoms with van der Waals surface area (Å²) < 4.78 is 5.99. The number of nitrogens with zero attached hydrogens (tertiary/aromatic N) is 1. The summed E-state index contributed by atoms with van der Waals surface area (Å²) in [5.41, 5.74) is 6.00. The Morgan fingerprint density at radius 3 is 2.52 bits per heavy atom. The molecule has 0 bridgehead atoms. The Hall–Kier alpha value is -2.09. The number of carboxylic acids is 1. The topological polar surface area (TPSA) is 110 Å². The highest BCUT2D eigenvalue weighted by Gasteiger charge is 2.19. The van der Waals surface area contributed by atoms with Gasteiger partial charge in [-0.25, -0.2) is 0 Å². The van der Waals surface area contributed by atoms with Crippen LogP contribution in [0.1, 0.15) is 5.56 Å². The number of nitrogens with two attached hydrogens (primary N) is 1. The number of aliphatic carboxylic acids is 1. The van der Waals surface area contributed by atoms with Crippen molar-refractivity contribution in [3.63, 3.8) is 0 Å². The first kappa shape index (κ1) is 17.0. The van der Waals surface area contributed by atoms with E-state index in [9.17, 15) is 14.4 Å². The van der Waals surface area contributed by atoms with Crippen LogP contribution >= 0.6 is 15.9 Å². The number of hydrogen-bond acceptors (Lipinski definition) is 4. The average molecular weight is 359 g/mol. The second-order valence-corrected chi connectivity index (χ2v) is 5.19. The normalized spacial score (nSPS) is 10.0. The Morgan fingerprint density at radius 2 is 2.00 bits per heavy atom. The lowest BCUT2D eigenvalue weighted by Crippen LogP contribution is -2.43. The van der Waals surface area contributed by atoms with Crippen LogP contribution in [-0.4, -0.2) is 47.5 Å². The molecular formula is C13H15BrN2O5. The predicted molar refractivity (Wildman–Crippen MR) is 77.8 cm³/mol. The van der Waals surface area contributed by atoms with Gasteiger partial charge in [-0.3, -0.25) is 14.4 Å². The van der Waals surface area contributed by atoms with E-state index in [1.165, 1.54) is 0 Å². The second kappa shape index (κ2) is 7.63. The van der Waals surface area contributed by atoms with Gasteiger partial charge >= 0.3 is 5.97 Å². The van der Waals surface area contributed by atoms with E-state index >= 15 is 0 Å². The largest absolute Gasteiger partial charge is 0.483 e. The van der Waals surface area contributed by atoms with Gasteiger partial charge in [0.25, 0.3) is 5.91 Å². The molecule has 1 rings (SSSR count). The van der Waals surface area contributed by atoms with Crippen LogP contribution in [0.3, 0.4) is 0 Å². The summed E-state index contributed by atoms with van der Waals surface area (Å²) in [6.07, 6.45) is 0. The maximum atomic E-state index is 11.9. The average Bonchev–Trinajstić information content (AvgIpc) is 2.35. The third kappa shape index (κ3) is 5.82. The molecule has 3 N–H and O–H groups in total. The van der Waals surface area contributed by atoms with Gasteiger partial charge in [-0.1, -0.05) is 6.07 Å². The van der Waals surface area contributed by atoms with Crippen LogP contribution in [0.15, 0.2) is 22.7 Å². The molecule has 0 aromatic heterocycles. The first-order chi connectivity index (χ1) is 9.79. The van der Waals surface area contributed by atoms with Crippen molar-refractivity contribution >= 4 is 33.7 Å². The molecule has 0 atom stereocenters. The molecule has 0 heterocycles. The highest BCUT2D eigenvalue weighted by Crippen LogP contribution is 2.25. The van der Waals surface area contributed by atoms with E-state index < -0.39 is 30.9 Å². The Kier molecular flexibility index (Phi) is 6.16. The summed E-state index contributed by atoms with van der Waals surface area (Å²) in [4.78, 5) is 34.2. The molecule has 2 amide bonds. The van der Waals surface area contributed by atoms with E-state index in [-0.39, 0.29) is 6.61 Å². The van der Waals surface area contributed by atoms with Crippen molar-refractivity contribution in [2.24, 2.45) is 5.73 Å². The molecule has 0 unspecified atom stereocenters. The van der Waals surface area contributed by atoms with Gasteiger partial charge in [0.1, 0.15) is 18.8 Å². The van der Waals surface area contributed by atoms with Crippen LogP contribution in [0, 0.1) is 6.92 Å². The van der Waals surface area contributed by atoms with E-state index in [1.807, 2.05) is 19.1 Å². The Morgan fingerprint density at radius 1 is 1.33 bits per heavy atom. The van der Waals surface area contributed by atoms with Gasteiger partial charge in [-0.15, -0.1) is 0 Å². The van der Waals surface area contributed by atoms with Gasteiger partial charge in [0.05, 0.1) is 4.47 Å². The first-order valence-electron chi connectivity index (χ1n) is 5.96. The molecule has 0 spiro atoms. The summed E-state index contributed by atoms with van der Waals surface area (Å²) in [5.74, 6) is -2.21. The molecular weight excluding hydrogens is 344 g/mol. The lowest BCUT2D eigenvalue weighted by Gasteiger charge is -2.19. The third-order valence-corrected chi connectivity index (χ3v) is 3.08. The van der Waals surface area contributed by atoms with Gasteiger partial charge in [-0.05, 0) is 40.5 Å². The zero-order valence-electron chi connectivity index (χ0n) is 11.3. The lowest BCUT2D eigenvalue weighted by molar-refractivity contribution is -0.146. The molecule has 0 radical (unpaired) electrons. The van der Waals surface area contributed by atoms with Crippen molar-refractivity contribution < 1.29 is 24.2 Å². The lowest BCUT2D eigenvalue weighted by atomic mass is 10.2. The molecule has 21 heavy (non-hydrogen) atoms. The Labute approximate surface area is 129 Å². The number of primary amides is 1. The minimum absolute atomic E-state index is 0.387. The molecule has 1 aromatic rings. The molecule has 0 aliphatic heterocycles. The van der Waals surface area contributed by atoms with Crippen molar-refractivity contribution in [3.8, 4) is 5.75 Å². The maximum absolute atomic E-state index is 11.9. The summed E-state index contributed by atoms with van der Waals surface area (Å²) in [7, 11) is 0. The number of halogens is 1. The molecule has 1 aromatic carbocycles. The molecule has 8 heteroatoms. The van der Waals surface area contributed by atoms with Gasteiger partial charge < -0.3 is 20.5 Å². The number of carboxylic acid groups (broad SMARTS) is 1. The number of ether oxygens (including phenoxy) is 1. The summed E-state index contributed by atoms with van der Waals surface area (Å²) in [6.45, 7) is 0.438. The van der Waals surface area contributed by atoms with Crippen LogP contribution in [0.25, 0.3) is 0 Å². The van der Waals surface area contributed by atoms with Gasteiger partial charge in [-0.2, -0.15) is 0 Å². The van der Waals surface area contributed by atoms with E-state index in [0.29, 0.717) is 10.2 Å². The number of amides is 2. The molecule has 0 aliphatic rings. The zero-order chi connectivity index (χ0) is 16.0. The number of hydrogen-bond donors (Lipinski definition) is 2. The highest BCUT2D eigenvalue weighted by atomic mass is 79.9. The number of benzene rings is 1. The Balaban J connectivity index is 2.68. The van der Waals surface area contributed by atoms with Crippen LogP contribution in [0.2, 0.25) is 0 Å². The summed E-state index contributed by atoms with van der Waals surface area (Å²) in [6, 6.07) is 5.31.